The van der Waals surface area contributed by atoms with Crippen molar-refractivity contribution in [3.63, 3.8) is 0 Å². The number of amides is 1. The van der Waals surface area contributed by atoms with Crippen LogP contribution in [0.15, 0.2) is 35.7 Å². The summed E-state index contributed by atoms with van der Waals surface area (Å²) in [6, 6.07) is 8.37. The van der Waals surface area contributed by atoms with Crippen LogP contribution in [0.3, 0.4) is 0 Å². The van der Waals surface area contributed by atoms with Gasteiger partial charge in [0.2, 0.25) is 0 Å². The molecule has 4 heteroatoms. The van der Waals surface area contributed by atoms with Crippen molar-refractivity contribution < 1.29 is 9.18 Å². The first kappa shape index (κ1) is 12.8. The van der Waals surface area contributed by atoms with Gasteiger partial charge in [-0.2, -0.15) is 0 Å². The molecule has 1 N–H and O–H groups in total. The summed E-state index contributed by atoms with van der Waals surface area (Å²) in [6.07, 6.45) is 0. The summed E-state index contributed by atoms with van der Waals surface area (Å²) in [7, 11) is 0. The minimum atomic E-state index is -0.481. The van der Waals surface area contributed by atoms with Gasteiger partial charge in [-0.3, -0.25) is 4.79 Å². The van der Waals surface area contributed by atoms with Gasteiger partial charge in [0.1, 0.15) is 5.82 Å². The molecule has 0 fully saturated rings. The highest BCUT2D eigenvalue weighted by molar-refractivity contribution is 7.10. The minimum absolute atomic E-state index is 0.0870. The van der Waals surface area contributed by atoms with Gasteiger partial charge < -0.3 is 5.32 Å². The number of carbonyl (C=O) groups excluding carboxylic acids is 1. The van der Waals surface area contributed by atoms with Crippen LogP contribution >= 0.6 is 11.3 Å². The summed E-state index contributed by atoms with van der Waals surface area (Å²) >= 11 is 1.57. The minimum Gasteiger partial charge on any atom is -0.345 e. The topological polar surface area (TPSA) is 29.1 Å². The zero-order valence-corrected chi connectivity index (χ0v) is 11.1. The van der Waals surface area contributed by atoms with Crippen molar-refractivity contribution in [1.29, 1.82) is 0 Å². The highest BCUT2D eigenvalue weighted by atomic mass is 32.1. The Bertz CT molecular complexity index is 551. The summed E-state index contributed by atoms with van der Waals surface area (Å²) in [4.78, 5) is 13.0. The molecule has 2 rings (SSSR count). The molecule has 94 valence electrons. The molecule has 1 aromatic heterocycles. The quantitative estimate of drug-likeness (QED) is 0.899. The summed E-state index contributed by atoms with van der Waals surface area (Å²) in [5.41, 5.74) is 0.888. The third-order valence-corrected chi connectivity index (χ3v) is 3.74. The first-order chi connectivity index (χ1) is 8.58. The standard InChI is InChI=1S/C14H14FNOS/c1-9-5-6-11(12(15)8-9)14(17)16-10(2)13-4-3-7-18-13/h3-8,10H,1-2H3,(H,16,17). The smallest absolute Gasteiger partial charge is 0.254 e. The van der Waals surface area contributed by atoms with E-state index in [9.17, 15) is 9.18 Å². The average molecular weight is 263 g/mol. The molecule has 1 amide bonds. The van der Waals surface area contributed by atoms with Gasteiger partial charge >= 0.3 is 0 Å². The molecule has 0 spiro atoms. The van der Waals surface area contributed by atoms with Gasteiger partial charge in [-0.15, -0.1) is 11.3 Å². The molecule has 18 heavy (non-hydrogen) atoms. The summed E-state index contributed by atoms with van der Waals surface area (Å²) in [6.45, 7) is 3.68. The lowest BCUT2D eigenvalue weighted by Crippen LogP contribution is -2.26. The van der Waals surface area contributed by atoms with E-state index < -0.39 is 5.82 Å². The molecule has 1 heterocycles. The fourth-order valence-corrected chi connectivity index (χ4v) is 2.42. The van der Waals surface area contributed by atoms with Gasteiger partial charge in [0.05, 0.1) is 11.6 Å². The van der Waals surface area contributed by atoms with Crippen LogP contribution in [0.5, 0.6) is 0 Å². The Hall–Kier alpha value is -1.68. The molecule has 0 aliphatic rings. The molecule has 0 saturated heterocycles. The maximum atomic E-state index is 13.6. The fraction of sp³-hybridized carbons (Fsp3) is 0.214. The van der Waals surface area contributed by atoms with Crippen LogP contribution in [0.4, 0.5) is 4.39 Å². The Kier molecular flexibility index (Phi) is 3.77. The summed E-state index contributed by atoms with van der Waals surface area (Å²) in [5.74, 6) is -0.862. The van der Waals surface area contributed by atoms with Crippen molar-refractivity contribution in [1.82, 2.24) is 5.32 Å². The molecule has 0 aliphatic carbocycles. The monoisotopic (exact) mass is 263 g/mol. The van der Waals surface area contributed by atoms with Crippen LogP contribution in [0, 0.1) is 12.7 Å². The molecule has 0 radical (unpaired) electrons. The number of hydrogen-bond donors (Lipinski definition) is 1. The van der Waals surface area contributed by atoms with Gasteiger partial charge in [-0.25, -0.2) is 4.39 Å². The average Bonchev–Trinajstić information content (AvgIpc) is 2.81. The zero-order chi connectivity index (χ0) is 13.1. The van der Waals surface area contributed by atoms with Gasteiger partial charge in [0, 0.05) is 4.88 Å². The number of aryl methyl sites for hydroxylation is 1. The molecule has 0 bridgehead atoms. The third kappa shape index (κ3) is 2.76. The first-order valence-electron chi connectivity index (χ1n) is 5.68. The fourth-order valence-electron chi connectivity index (χ4n) is 1.69. The third-order valence-electron chi connectivity index (χ3n) is 2.69. The Morgan fingerprint density at radius 1 is 1.39 bits per heavy atom. The SMILES string of the molecule is Cc1ccc(C(=O)NC(C)c2cccs2)c(F)c1. The largest absolute Gasteiger partial charge is 0.345 e. The number of rotatable bonds is 3. The zero-order valence-electron chi connectivity index (χ0n) is 10.2. The van der Waals surface area contributed by atoms with E-state index in [-0.39, 0.29) is 17.5 Å². The predicted octanol–water partition coefficient (Wildman–Crippen LogP) is 3.69. The van der Waals surface area contributed by atoms with Crippen molar-refractivity contribution in [2.75, 3.05) is 0 Å². The molecule has 2 aromatic rings. The van der Waals surface area contributed by atoms with E-state index in [1.54, 1.807) is 24.3 Å². The van der Waals surface area contributed by atoms with E-state index in [4.69, 9.17) is 0 Å². The Morgan fingerprint density at radius 3 is 2.78 bits per heavy atom. The highest BCUT2D eigenvalue weighted by Crippen LogP contribution is 2.19. The van der Waals surface area contributed by atoms with Gasteiger partial charge in [0.25, 0.3) is 5.91 Å². The van der Waals surface area contributed by atoms with Crippen LogP contribution in [-0.4, -0.2) is 5.91 Å². The van der Waals surface area contributed by atoms with Gasteiger partial charge in [0.15, 0.2) is 0 Å². The molecular weight excluding hydrogens is 249 g/mol. The number of nitrogens with one attached hydrogen (secondary N) is 1. The molecule has 0 aliphatic heterocycles. The number of halogens is 1. The van der Waals surface area contributed by atoms with Crippen LogP contribution in [0.1, 0.15) is 33.8 Å². The number of carbonyl (C=O) groups is 1. The van der Waals surface area contributed by atoms with Crippen LogP contribution in [-0.2, 0) is 0 Å². The van der Waals surface area contributed by atoms with E-state index in [0.29, 0.717) is 0 Å². The van der Waals surface area contributed by atoms with E-state index in [1.807, 2.05) is 24.4 Å². The van der Waals surface area contributed by atoms with Crippen LogP contribution in [0.25, 0.3) is 0 Å². The van der Waals surface area contributed by atoms with E-state index in [0.717, 1.165) is 10.4 Å². The lowest BCUT2D eigenvalue weighted by atomic mass is 10.1. The molecule has 2 nitrogen and oxygen atoms in total. The van der Waals surface area contributed by atoms with Crippen molar-refractivity contribution >= 4 is 17.2 Å². The van der Waals surface area contributed by atoms with E-state index in [2.05, 4.69) is 5.32 Å². The number of hydrogen-bond acceptors (Lipinski definition) is 2. The van der Waals surface area contributed by atoms with Crippen molar-refractivity contribution in [3.8, 4) is 0 Å². The normalized spacial score (nSPS) is 12.2. The molecule has 1 atom stereocenters. The van der Waals surface area contributed by atoms with Gasteiger partial charge in [-0.1, -0.05) is 12.1 Å². The van der Waals surface area contributed by atoms with Crippen molar-refractivity contribution in [2.45, 2.75) is 19.9 Å². The number of benzene rings is 1. The highest BCUT2D eigenvalue weighted by Gasteiger charge is 2.15. The van der Waals surface area contributed by atoms with Crippen molar-refractivity contribution in [2.24, 2.45) is 0 Å². The predicted molar refractivity (Wildman–Crippen MR) is 71.3 cm³/mol. The maximum Gasteiger partial charge on any atom is 0.254 e. The molecule has 1 unspecified atom stereocenters. The van der Waals surface area contributed by atoms with Gasteiger partial charge in [-0.05, 0) is 43.0 Å². The second kappa shape index (κ2) is 5.31. The lowest BCUT2D eigenvalue weighted by Gasteiger charge is -2.12. The summed E-state index contributed by atoms with van der Waals surface area (Å²) < 4.78 is 13.6. The lowest BCUT2D eigenvalue weighted by molar-refractivity contribution is 0.0936. The second-order valence-corrected chi connectivity index (χ2v) is 5.17. The van der Waals surface area contributed by atoms with E-state index in [1.165, 1.54) is 12.1 Å². The number of thiophene rings is 1. The summed E-state index contributed by atoms with van der Waals surface area (Å²) in [5, 5.41) is 4.74. The van der Waals surface area contributed by atoms with Crippen LogP contribution < -0.4 is 5.32 Å². The Labute approximate surface area is 109 Å². The maximum absolute atomic E-state index is 13.6. The van der Waals surface area contributed by atoms with E-state index >= 15 is 0 Å². The molecule has 0 saturated carbocycles. The van der Waals surface area contributed by atoms with Crippen molar-refractivity contribution in [3.05, 3.63) is 57.5 Å². The first-order valence-corrected chi connectivity index (χ1v) is 6.56. The molecule has 1 aromatic carbocycles. The molecular formula is C14H14FNOS. The Morgan fingerprint density at radius 2 is 2.17 bits per heavy atom. The van der Waals surface area contributed by atoms with Crippen LogP contribution in [0.2, 0.25) is 0 Å². The Balaban J connectivity index is 2.12. The second-order valence-electron chi connectivity index (χ2n) is 4.19.